The molecule has 128 valence electrons. The van der Waals surface area contributed by atoms with Gasteiger partial charge in [-0.25, -0.2) is 0 Å². The van der Waals surface area contributed by atoms with E-state index in [9.17, 15) is 9.59 Å². The minimum Gasteiger partial charge on any atom is -0.347 e. The molecule has 0 aromatic heterocycles. The molecular formula is C15H20Cl3N3O2. The molecule has 0 heterocycles. The van der Waals surface area contributed by atoms with Crippen molar-refractivity contribution in [2.24, 2.45) is 11.7 Å². The van der Waals surface area contributed by atoms with E-state index in [1.165, 1.54) is 0 Å². The topological polar surface area (TPSA) is 84.2 Å². The van der Waals surface area contributed by atoms with Crippen LogP contribution in [0.2, 0.25) is 10.0 Å². The molecule has 0 spiro atoms. The van der Waals surface area contributed by atoms with Crippen molar-refractivity contribution < 1.29 is 9.59 Å². The Bertz CT molecular complexity index is 569. The van der Waals surface area contributed by atoms with Crippen LogP contribution in [-0.2, 0) is 9.59 Å². The van der Waals surface area contributed by atoms with Gasteiger partial charge in [0.15, 0.2) is 0 Å². The number of rotatable bonds is 4. The highest BCUT2D eigenvalue weighted by Crippen LogP contribution is 2.25. The van der Waals surface area contributed by atoms with Gasteiger partial charge in [0.05, 0.1) is 17.3 Å². The maximum Gasteiger partial charge on any atom is 0.243 e. The van der Waals surface area contributed by atoms with Crippen molar-refractivity contribution in [1.82, 2.24) is 5.32 Å². The smallest absolute Gasteiger partial charge is 0.243 e. The minimum atomic E-state index is -0.349. The Morgan fingerprint density at radius 2 is 2.00 bits per heavy atom. The van der Waals surface area contributed by atoms with Gasteiger partial charge in [0.1, 0.15) is 0 Å². The fourth-order valence-electron chi connectivity index (χ4n) is 2.57. The molecule has 1 aromatic rings. The molecule has 2 rings (SSSR count). The van der Waals surface area contributed by atoms with Crippen LogP contribution in [0.25, 0.3) is 0 Å². The van der Waals surface area contributed by atoms with Crippen molar-refractivity contribution in [3.8, 4) is 0 Å². The first-order valence-electron chi connectivity index (χ1n) is 7.24. The van der Waals surface area contributed by atoms with E-state index < -0.39 is 0 Å². The van der Waals surface area contributed by atoms with E-state index in [0.29, 0.717) is 22.2 Å². The van der Waals surface area contributed by atoms with Crippen LogP contribution < -0.4 is 16.4 Å². The van der Waals surface area contributed by atoms with Crippen LogP contribution in [0.3, 0.4) is 0 Å². The Morgan fingerprint density at radius 3 is 2.70 bits per heavy atom. The van der Waals surface area contributed by atoms with Gasteiger partial charge in [0.25, 0.3) is 0 Å². The number of amides is 2. The van der Waals surface area contributed by atoms with Crippen LogP contribution >= 0.6 is 35.6 Å². The van der Waals surface area contributed by atoms with Crippen LogP contribution in [0, 0.1) is 5.92 Å². The molecule has 1 fully saturated rings. The monoisotopic (exact) mass is 379 g/mol. The Labute approximate surface area is 151 Å². The number of hydrogen-bond donors (Lipinski definition) is 3. The summed E-state index contributed by atoms with van der Waals surface area (Å²) in [6.07, 6.45) is 3.40. The van der Waals surface area contributed by atoms with Crippen LogP contribution in [0.15, 0.2) is 18.2 Å². The van der Waals surface area contributed by atoms with Crippen molar-refractivity contribution >= 4 is 53.1 Å². The van der Waals surface area contributed by atoms with Gasteiger partial charge in [-0.1, -0.05) is 29.6 Å². The van der Waals surface area contributed by atoms with E-state index in [2.05, 4.69) is 10.6 Å². The molecule has 2 atom stereocenters. The van der Waals surface area contributed by atoms with Crippen LogP contribution in [0.4, 0.5) is 5.69 Å². The van der Waals surface area contributed by atoms with E-state index in [1.54, 1.807) is 18.2 Å². The fourth-order valence-corrected chi connectivity index (χ4v) is 2.90. The molecule has 1 aliphatic carbocycles. The highest BCUT2D eigenvalue weighted by molar-refractivity contribution is 6.35. The lowest BCUT2D eigenvalue weighted by atomic mass is 9.85. The predicted octanol–water partition coefficient (Wildman–Crippen LogP) is 2.99. The van der Waals surface area contributed by atoms with E-state index in [4.69, 9.17) is 28.9 Å². The summed E-state index contributed by atoms with van der Waals surface area (Å²) >= 11 is 11.8. The van der Waals surface area contributed by atoms with E-state index in [0.717, 1.165) is 19.3 Å². The van der Waals surface area contributed by atoms with Crippen molar-refractivity contribution in [3.05, 3.63) is 28.2 Å². The Hall–Kier alpha value is -1.01. The van der Waals surface area contributed by atoms with E-state index in [1.807, 2.05) is 0 Å². The lowest BCUT2D eigenvalue weighted by Gasteiger charge is -2.25. The second kappa shape index (κ2) is 9.33. The quantitative estimate of drug-likeness (QED) is 0.751. The Morgan fingerprint density at radius 1 is 1.26 bits per heavy atom. The number of anilines is 1. The standard InChI is InChI=1S/C15H19Cl2N3O2.ClH/c16-10-4-5-12(17)13(7-10)20-14(21)8-19-15(22)9-2-1-3-11(18)6-9;/h4-5,7,9,11H,1-3,6,8,18H2,(H,19,22)(H,20,21);1H. The van der Waals surface area contributed by atoms with Crippen molar-refractivity contribution in [2.45, 2.75) is 31.7 Å². The van der Waals surface area contributed by atoms with Crippen LogP contribution in [0.1, 0.15) is 25.7 Å². The maximum atomic E-state index is 12.0. The maximum absolute atomic E-state index is 12.0. The highest BCUT2D eigenvalue weighted by Gasteiger charge is 2.25. The van der Waals surface area contributed by atoms with E-state index in [-0.39, 0.29) is 42.7 Å². The molecule has 2 unspecified atom stereocenters. The second-order valence-corrected chi connectivity index (χ2v) is 6.36. The van der Waals surface area contributed by atoms with Gasteiger partial charge in [0, 0.05) is 17.0 Å². The van der Waals surface area contributed by atoms with Crippen LogP contribution in [-0.4, -0.2) is 24.4 Å². The van der Waals surface area contributed by atoms with Gasteiger partial charge in [-0.05, 0) is 37.5 Å². The third-order valence-electron chi connectivity index (χ3n) is 3.71. The summed E-state index contributed by atoms with van der Waals surface area (Å²) < 4.78 is 0. The molecule has 2 amide bonds. The zero-order valence-corrected chi connectivity index (χ0v) is 14.8. The van der Waals surface area contributed by atoms with Gasteiger partial charge >= 0.3 is 0 Å². The van der Waals surface area contributed by atoms with Gasteiger partial charge in [-0.15, -0.1) is 12.4 Å². The Balaban J connectivity index is 0.00000264. The zero-order valence-electron chi connectivity index (χ0n) is 12.5. The van der Waals surface area contributed by atoms with Gasteiger partial charge in [0.2, 0.25) is 11.8 Å². The number of hydrogen-bond acceptors (Lipinski definition) is 3. The number of benzene rings is 1. The normalized spacial score (nSPS) is 20.3. The second-order valence-electron chi connectivity index (χ2n) is 5.51. The summed E-state index contributed by atoms with van der Waals surface area (Å²) in [7, 11) is 0. The molecule has 4 N–H and O–H groups in total. The van der Waals surface area contributed by atoms with Crippen molar-refractivity contribution in [3.63, 3.8) is 0 Å². The molecule has 0 saturated heterocycles. The lowest BCUT2D eigenvalue weighted by Crippen LogP contribution is -2.40. The average molecular weight is 381 g/mol. The van der Waals surface area contributed by atoms with Crippen LogP contribution in [0.5, 0.6) is 0 Å². The summed E-state index contributed by atoms with van der Waals surface area (Å²) in [5.41, 5.74) is 6.29. The molecule has 8 heteroatoms. The third kappa shape index (κ3) is 6.18. The molecule has 0 aliphatic heterocycles. The van der Waals surface area contributed by atoms with E-state index >= 15 is 0 Å². The number of nitrogens with two attached hydrogens (primary N) is 1. The Kier molecular flexibility index (Phi) is 8.12. The number of halogens is 3. The number of carbonyl (C=O) groups excluding carboxylic acids is 2. The molecule has 5 nitrogen and oxygen atoms in total. The molecule has 23 heavy (non-hydrogen) atoms. The van der Waals surface area contributed by atoms with Gasteiger partial charge < -0.3 is 16.4 Å². The number of carbonyl (C=O) groups is 2. The SMILES string of the molecule is Cl.NC1CCCC(C(=O)NCC(=O)Nc2cc(Cl)ccc2Cl)C1. The lowest BCUT2D eigenvalue weighted by molar-refractivity contribution is -0.128. The molecule has 0 radical (unpaired) electrons. The molecule has 1 saturated carbocycles. The highest BCUT2D eigenvalue weighted by atomic mass is 35.5. The number of nitrogens with one attached hydrogen (secondary N) is 2. The average Bonchev–Trinajstić information content (AvgIpc) is 2.48. The first-order valence-corrected chi connectivity index (χ1v) is 7.99. The minimum absolute atomic E-state index is 0. The first-order chi connectivity index (χ1) is 10.5. The van der Waals surface area contributed by atoms with Crippen molar-refractivity contribution in [1.29, 1.82) is 0 Å². The van der Waals surface area contributed by atoms with Gasteiger partial charge in [-0.2, -0.15) is 0 Å². The summed E-state index contributed by atoms with van der Waals surface area (Å²) in [6, 6.07) is 4.86. The molecule has 1 aromatic carbocycles. The summed E-state index contributed by atoms with van der Waals surface area (Å²) in [5, 5.41) is 6.13. The first kappa shape index (κ1) is 20.0. The predicted molar refractivity (Wildman–Crippen MR) is 95.3 cm³/mol. The zero-order chi connectivity index (χ0) is 16.1. The summed E-state index contributed by atoms with van der Waals surface area (Å²) in [4.78, 5) is 23.9. The molecular weight excluding hydrogens is 361 g/mol. The fraction of sp³-hybridized carbons (Fsp3) is 0.467. The summed E-state index contributed by atoms with van der Waals surface area (Å²) in [5.74, 6) is -0.577. The largest absolute Gasteiger partial charge is 0.347 e. The summed E-state index contributed by atoms with van der Waals surface area (Å²) in [6.45, 7) is -0.104. The van der Waals surface area contributed by atoms with Crippen molar-refractivity contribution in [2.75, 3.05) is 11.9 Å². The van der Waals surface area contributed by atoms with Gasteiger partial charge in [-0.3, -0.25) is 9.59 Å². The third-order valence-corrected chi connectivity index (χ3v) is 4.28. The molecule has 1 aliphatic rings. The molecule has 0 bridgehead atoms.